The fourth-order valence-electron chi connectivity index (χ4n) is 5.36. The van der Waals surface area contributed by atoms with Crippen LogP contribution in [0.5, 0.6) is 5.75 Å². The lowest BCUT2D eigenvalue weighted by Crippen LogP contribution is -2.49. The average Bonchev–Trinajstić information content (AvgIpc) is 3.51. The van der Waals surface area contributed by atoms with Gasteiger partial charge in [-0.15, -0.1) is 0 Å². The molecule has 0 radical (unpaired) electrons. The van der Waals surface area contributed by atoms with Crippen molar-refractivity contribution in [1.29, 1.82) is 0 Å². The fraction of sp³-hybridized carbons (Fsp3) is 0.375. The van der Waals surface area contributed by atoms with Crippen LogP contribution in [0.4, 0.5) is 20.6 Å². The number of benzene rings is 3. The molecule has 0 saturated carbocycles. The molecule has 228 valence electrons. The van der Waals surface area contributed by atoms with Crippen LogP contribution in [-0.2, 0) is 11.3 Å². The molecule has 2 fully saturated rings. The van der Waals surface area contributed by atoms with Gasteiger partial charge in [0.1, 0.15) is 24.6 Å². The summed E-state index contributed by atoms with van der Waals surface area (Å²) in [5, 5.41) is 9.42. The van der Waals surface area contributed by atoms with Crippen molar-refractivity contribution in [2.45, 2.75) is 38.0 Å². The third kappa shape index (κ3) is 8.17. The quantitative estimate of drug-likeness (QED) is 0.265. The monoisotopic (exact) mass is 652 g/mol. The van der Waals surface area contributed by atoms with Gasteiger partial charge in [0.15, 0.2) is 0 Å². The average molecular weight is 654 g/mol. The van der Waals surface area contributed by atoms with Crippen molar-refractivity contribution < 1.29 is 18.7 Å². The van der Waals surface area contributed by atoms with Crippen LogP contribution in [0, 0.1) is 0 Å². The summed E-state index contributed by atoms with van der Waals surface area (Å²) in [5.41, 5.74) is 8.84. The Bertz CT molecular complexity index is 1370. The number of nitrogens with two attached hydrogens (primary N) is 1. The van der Waals surface area contributed by atoms with Crippen LogP contribution in [0.25, 0.3) is 0 Å². The molecular formula is C32H38BrFN6O3. The van der Waals surface area contributed by atoms with Gasteiger partial charge < -0.3 is 21.1 Å². The summed E-state index contributed by atoms with van der Waals surface area (Å²) in [6.45, 7) is 4.20. The van der Waals surface area contributed by atoms with Crippen LogP contribution in [-0.4, -0.2) is 67.3 Å². The van der Waals surface area contributed by atoms with Crippen LogP contribution in [0.2, 0.25) is 0 Å². The minimum Gasteiger partial charge on any atom is -0.492 e. The molecule has 2 heterocycles. The van der Waals surface area contributed by atoms with Gasteiger partial charge in [0.25, 0.3) is 5.91 Å². The maximum absolute atomic E-state index is 14.1. The van der Waals surface area contributed by atoms with Gasteiger partial charge in [-0.25, -0.2) is 9.18 Å². The number of para-hydroxylation sites is 1. The minimum absolute atomic E-state index is 0.235. The van der Waals surface area contributed by atoms with Gasteiger partial charge in [0.2, 0.25) is 0 Å². The molecule has 0 unspecified atom stereocenters. The lowest BCUT2D eigenvalue weighted by molar-refractivity contribution is -0.132. The van der Waals surface area contributed by atoms with E-state index in [0.29, 0.717) is 49.5 Å². The molecule has 1 atom stereocenters. The number of anilines is 2. The number of piperidine rings is 1. The smallest absolute Gasteiger partial charge is 0.315 e. The number of nitrogens with zero attached hydrogens (tertiary/aromatic N) is 3. The van der Waals surface area contributed by atoms with Gasteiger partial charge in [0, 0.05) is 49.4 Å². The van der Waals surface area contributed by atoms with Crippen molar-refractivity contribution in [3.63, 3.8) is 0 Å². The zero-order valence-electron chi connectivity index (χ0n) is 24.1. The van der Waals surface area contributed by atoms with E-state index in [9.17, 15) is 14.0 Å². The Morgan fingerprint density at radius 1 is 0.977 bits per heavy atom. The molecule has 2 saturated heterocycles. The van der Waals surface area contributed by atoms with Crippen molar-refractivity contribution in [1.82, 2.24) is 20.5 Å². The first kappa shape index (κ1) is 30.6. The van der Waals surface area contributed by atoms with Crippen LogP contribution in [0.1, 0.15) is 36.4 Å². The number of halogens is 2. The first-order chi connectivity index (χ1) is 20.9. The summed E-state index contributed by atoms with van der Waals surface area (Å²) in [5.74, 6) is 0.431. The molecule has 4 N–H and O–H groups in total. The van der Waals surface area contributed by atoms with E-state index < -0.39 is 18.2 Å². The maximum atomic E-state index is 14.1. The molecule has 43 heavy (non-hydrogen) atoms. The van der Waals surface area contributed by atoms with Crippen LogP contribution < -0.4 is 26.1 Å². The Kier molecular flexibility index (Phi) is 10.4. The van der Waals surface area contributed by atoms with Gasteiger partial charge in [-0.05, 0) is 82.7 Å². The second-order valence-corrected chi connectivity index (χ2v) is 11.7. The second-order valence-electron chi connectivity index (χ2n) is 10.8. The Morgan fingerprint density at radius 3 is 2.42 bits per heavy atom. The number of ether oxygens (including phenoxy) is 1. The number of hydrazine groups is 1. The van der Waals surface area contributed by atoms with E-state index in [1.54, 1.807) is 17.1 Å². The molecule has 0 aromatic heterocycles. The van der Waals surface area contributed by atoms with Crippen LogP contribution in [0.15, 0.2) is 77.3 Å². The lowest BCUT2D eigenvalue weighted by atomic mass is 10.1. The number of urea groups is 1. The topological polar surface area (TPSA) is 103 Å². The second kappa shape index (κ2) is 14.6. The van der Waals surface area contributed by atoms with Crippen molar-refractivity contribution in [2.24, 2.45) is 0 Å². The molecule has 2 aliphatic rings. The number of likely N-dealkylation sites (tertiary alicyclic amines) is 1. The van der Waals surface area contributed by atoms with Gasteiger partial charge in [-0.2, -0.15) is 0 Å². The Morgan fingerprint density at radius 2 is 1.70 bits per heavy atom. The van der Waals surface area contributed by atoms with Crippen molar-refractivity contribution in [2.75, 3.05) is 50.1 Å². The molecule has 9 nitrogen and oxygen atoms in total. The predicted molar refractivity (Wildman–Crippen MR) is 169 cm³/mol. The summed E-state index contributed by atoms with van der Waals surface area (Å²) in [4.78, 5) is 29.4. The molecule has 11 heteroatoms. The highest BCUT2D eigenvalue weighted by Crippen LogP contribution is 2.31. The van der Waals surface area contributed by atoms with Crippen molar-refractivity contribution in [3.05, 3.63) is 88.4 Å². The number of carbonyl (C=O) groups is 2. The predicted octanol–water partition coefficient (Wildman–Crippen LogP) is 5.04. The van der Waals surface area contributed by atoms with Gasteiger partial charge in [-0.1, -0.05) is 36.4 Å². The standard InChI is InChI=1S/C32H38BrFN6O3/c33-28-4-1-2-5-29(28)39-16-3-17-40(39)31(41)30(37-32(42)36-22-23-6-10-26(35)11-7-23)24-8-12-27(13-9-24)43-21-20-38-18-14-25(34)15-19-38/h1-2,4-13,25,30H,3,14-22,35H2,(H2,36,37,42)/t30-/m0/s1. The molecule has 0 aliphatic carbocycles. The third-order valence-electron chi connectivity index (χ3n) is 7.78. The van der Waals surface area contributed by atoms with E-state index in [1.807, 2.05) is 65.7 Å². The zero-order chi connectivity index (χ0) is 30.2. The molecule has 2 aliphatic heterocycles. The molecule has 0 bridgehead atoms. The number of nitrogens with one attached hydrogen (secondary N) is 2. The van der Waals surface area contributed by atoms with E-state index in [1.165, 1.54) is 0 Å². The number of amides is 3. The van der Waals surface area contributed by atoms with Gasteiger partial charge >= 0.3 is 6.03 Å². The lowest BCUT2D eigenvalue weighted by Gasteiger charge is -2.33. The first-order valence-electron chi connectivity index (χ1n) is 14.7. The highest BCUT2D eigenvalue weighted by Gasteiger charge is 2.34. The number of rotatable bonds is 10. The molecule has 0 spiro atoms. The Balaban J connectivity index is 1.28. The van der Waals surface area contributed by atoms with E-state index in [0.717, 1.165) is 41.8 Å². The fourth-order valence-corrected chi connectivity index (χ4v) is 5.85. The Hall–Kier alpha value is -3.83. The summed E-state index contributed by atoms with van der Waals surface area (Å²) < 4.78 is 20.2. The minimum atomic E-state index is -0.925. The summed E-state index contributed by atoms with van der Waals surface area (Å²) in [6, 6.07) is 20.9. The van der Waals surface area contributed by atoms with Crippen molar-refractivity contribution in [3.8, 4) is 5.75 Å². The third-order valence-corrected chi connectivity index (χ3v) is 8.45. The zero-order valence-corrected chi connectivity index (χ0v) is 25.6. The highest BCUT2D eigenvalue weighted by atomic mass is 79.9. The number of alkyl halides is 1. The van der Waals surface area contributed by atoms with Gasteiger partial charge in [-0.3, -0.25) is 19.7 Å². The van der Waals surface area contributed by atoms with Crippen LogP contribution >= 0.6 is 15.9 Å². The SMILES string of the molecule is Nc1ccc(CNC(=O)N[C@H](C(=O)N2CCCN2c2ccccc2Br)c2ccc(OCCN3CCC(F)CC3)cc2)cc1. The van der Waals surface area contributed by atoms with E-state index in [2.05, 4.69) is 31.5 Å². The highest BCUT2D eigenvalue weighted by molar-refractivity contribution is 9.10. The van der Waals surface area contributed by atoms with E-state index in [-0.39, 0.29) is 12.5 Å². The van der Waals surface area contributed by atoms with Gasteiger partial charge in [0.05, 0.1) is 5.69 Å². The molecule has 3 aromatic carbocycles. The number of carbonyl (C=O) groups excluding carboxylic acids is 2. The number of nitrogen functional groups attached to an aromatic ring is 1. The normalized spacial score (nSPS) is 16.6. The number of hydrogen-bond acceptors (Lipinski definition) is 6. The summed E-state index contributed by atoms with van der Waals surface area (Å²) in [6.07, 6.45) is 1.25. The summed E-state index contributed by atoms with van der Waals surface area (Å²) >= 11 is 3.61. The first-order valence-corrected chi connectivity index (χ1v) is 15.5. The van der Waals surface area contributed by atoms with Crippen molar-refractivity contribution >= 4 is 39.2 Å². The molecule has 3 amide bonds. The van der Waals surface area contributed by atoms with E-state index in [4.69, 9.17) is 10.5 Å². The molecule has 5 rings (SSSR count). The van der Waals surface area contributed by atoms with Crippen LogP contribution in [0.3, 0.4) is 0 Å². The summed E-state index contributed by atoms with van der Waals surface area (Å²) in [7, 11) is 0. The largest absolute Gasteiger partial charge is 0.492 e. The van der Waals surface area contributed by atoms with E-state index >= 15 is 0 Å². The maximum Gasteiger partial charge on any atom is 0.315 e. The Labute approximate surface area is 260 Å². The molecular weight excluding hydrogens is 615 g/mol. The molecule has 3 aromatic rings. The number of hydrogen-bond donors (Lipinski definition) is 3.